The lowest BCUT2D eigenvalue weighted by atomic mass is 10.0. The molecular weight excluding hydrogens is 250 g/mol. The van der Waals surface area contributed by atoms with E-state index in [9.17, 15) is 0 Å². The second-order valence-electron chi connectivity index (χ2n) is 5.25. The lowest BCUT2D eigenvalue weighted by molar-refractivity contribution is 0.486. The van der Waals surface area contributed by atoms with Crippen molar-refractivity contribution >= 4 is 23.4 Å². The number of nitrogens with one attached hydrogen (secondary N) is 1. The van der Waals surface area contributed by atoms with Crippen molar-refractivity contribution in [1.29, 1.82) is 0 Å². The van der Waals surface area contributed by atoms with E-state index in [1.54, 1.807) is 0 Å². The standard InChI is InChI=1S/C14H18ClNS/c1-9-6-10(9)8-16-13-4-5-17-14-3-2-11(15)7-12(13)14/h2-3,7,9-10,13,16H,4-6,8H2,1H3. The summed E-state index contributed by atoms with van der Waals surface area (Å²) in [4.78, 5) is 1.40. The van der Waals surface area contributed by atoms with Crippen LogP contribution in [-0.4, -0.2) is 12.3 Å². The van der Waals surface area contributed by atoms with E-state index in [1.165, 1.54) is 35.6 Å². The van der Waals surface area contributed by atoms with Crippen LogP contribution in [0.3, 0.4) is 0 Å². The molecule has 0 bridgehead atoms. The van der Waals surface area contributed by atoms with Gasteiger partial charge in [0, 0.05) is 16.0 Å². The van der Waals surface area contributed by atoms with E-state index in [0.29, 0.717) is 6.04 Å². The summed E-state index contributed by atoms with van der Waals surface area (Å²) in [5.74, 6) is 3.05. The molecule has 3 rings (SSSR count). The Bertz CT molecular complexity index is 421. The van der Waals surface area contributed by atoms with Crippen LogP contribution >= 0.6 is 23.4 Å². The highest BCUT2D eigenvalue weighted by Crippen LogP contribution is 2.40. The van der Waals surface area contributed by atoms with Gasteiger partial charge >= 0.3 is 0 Å². The highest BCUT2D eigenvalue weighted by Gasteiger charge is 2.33. The van der Waals surface area contributed by atoms with Gasteiger partial charge in [0.1, 0.15) is 0 Å². The van der Waals surface area contributed by atoms with Crippen LogP contribution < -0.4 is 5.32 Å². The maximum atomic E-state index is 6.10. The highest BCUT2D eigenvalue weighted by molar-refractivity contribution is 7.99. The molecule has 1 aromatic carbocycles. The molecule has 0 amide bonds. The third-order valence-electron chi connectivity index (χ3n) is 3.91. The van der Waals surface area contributed by atoms with E-state index < -0.39 is 0 Å². The molecule has 3 atom stereocenters. The lowest BCUT2D eigenvalue weighted by Gasteiger charge is -2.26. The number of hydrogen-bond donors (Lipinski definition) is 1. The van der Waals surface area contributed by atoms with Crippen LogP contribution in [0.15, 0.2) is 23.1 Å². The van der Waals surface area contributed by atoms with Crippen LogP contribution in [0.4, 0.5) is 0 Å². The fourth-order valence-electron chi connectivity index (χ4n) is 2.55. The molecule has 1 N–H and O–H groups in total. The van der Waals surface area contributed by atoms with E-state index in [0.717, 1.165) is 16.9 Å². The Balaban J connectivity index is 1.71. The van der Waals surface area contributed by atoms with Crippen LogP contribution in [0.5, 0.6) is 0 Å². The van der Waals surface area contributed by atoms with Gasteiger partial charge in [0.05, 0.1) is 0 Å². The molecule has 1 fully saturated rings. The van der Waals surface area contributed by atoms with Gasteiger partial charge in [-0.05, 0) is 60.7 Å². The Morgan fingerprint density at radius 1 is 1.47 bits per heavy atom. The summed E-state index contributed by atoms with van der Waals surface area (Å²) >= 11 is 8.06. The first-order valence-electron chi connectivity index (χ1n) is 6.39. The smallest absolute Gasteiger partial charge is 0.0410 e. The van der Waals surface area contributed by atoms with Crippen LogP contribution in [0, 0.1) is 11.8 Å². The minimum atomic E-state index is 0.512. The molecule has 1 heterocycles. The molecule has 0 spiro atoms. The fraction of sp³-hybridized carbons (Fsp3) is 0.571. The van der Waals surface area contributed by atoms with Crippen molar-refractivity contribution in [2.45, 2.75) is 30.7 Å². The van der Waals surface area contributed by atoms with E-state index in [2.05, 4.69) is 24.4 Å². The first-order valence-corrected chi connectivity index (χ1v) is 7.76. The Morgan fingerprint density at radius 2 is 2.29 bits per heavy atom. The fourth-order valence-corrected chi connectivity index (χ4v) is 3.84. The van der Waals surface area contributed by atoms with Crippen molar-refractivity contribution in [3.63, 3.8) is 0 Å². The molecule has 3 heteroatoms. The van der Waals surface area contributed by atoms with Gasteiger partial charge in [-0.25, -0.2) is 0 Å². The number of thioether (sulfide) groups is 1. The molecule has 3 unspecified atom stereocenters. The summed E-state index contributed by atoms with van der Waals surface area (Å²) in [6, 6.07) is 6.81. The van der Waals surface area contributed by atoms with Gasteiger partial charge < -0.3 is 5.32 Å². The van der Waals surface area contributed by atoms with Crippen LogP contribution in [0.1, 0.15) is 31.4 Å². The van der Waals surface area contributed by atoms with Crippen molar-refractivity contribution in [3.8, 4) is 0 Å². The van der Waals surface area contributed by atoms with Crippen molar-refractivity contribution in [3.05, 3.63) is 28.8 Å². The first kappa shape index (κ1) is 11.9. The normalized spacial score (nSPS) is 31.1. The zero-order chi connectivity index (χ0) is 11.8. The zero-order valence-corrected chi connectivity index (χ0v) is 11.7. The molecule has 17 heavy (non-hydrogen) atoms. The number of halogens is 1. The average Bonchev–Trinajstić information content (AvgIpc) is 3.03. The lowest BCUT2D eigenvalue weighted by Crippen LogP contribution is -2.26. The van der Waals surface area contributed by atoms with Crippen LogP contribution in [0.25, 0.3) is 0 Å². The minimum Gasteiger partial charge on any atom is -0.310 e. The summed E-state index contributed by atoms with van der Waals surface area (Å²) < 4.78 is 0. The Kier molecular flexibility index (Phi) is 3.38. The van der Waals surface area contributed by atoms with Crippen LogP contribution in [0.2, 0.25) is 5.02 Å². The highest BCUT2D eigenvalue weighted by atomic mass is 35.5. The topological polar surface area (TPSA) is 12.0 Å². The molecule has 0 aromatic heterocycles. The summed E-state index contributed by atoms with van der Waals surface area (Å²) in [5, 5.41) is 4.58. The second kappa shape index (κ2) is 4.83. The van der Waals surface area contributed by atoms with E-state index in [1.807, 2.05) is 17.8 Å². The average molecular weight is 268 g/mol. The molecule has 1 aliphatic carbocycles. The summed E-state index contributed by atoms with van der Waals surface area (Å²) in [7, 11) is 0. The molecule has 0 radical (unpaired) electrons. The van der Waals surface area contributed by atoms with Gasteiger partial charge in [-0.3, -0.25) is 0 Å². The van der Waals surface area contributed by atoms with Crippen molar-refractivity contribution in [2.75, 3.05) is 12.3 Å². The van der Waals surface area contributed by atoms with E-state index >= 15 is 0 Å². The second-order valence-corrected chi connectivity index (χ2v) is 6.83. The number of benzene rings is 1. The third-order valence-corrected chi connectivity index (χ3v) is 5.27. The van der Waals surface area contributed by atoms with Crippen molar-refractivity contribution in [1.82, 2.24) is 5.32 Å². The molecule has 1 saturated carbocycles. The largest absolute Gasteiger partial charge is 0.310 e. The maximum Gasteiger partial charge on any atom is 0.0410 e. The Morgan fingerprint density at radius 3 is 3.06 bits per heavy atom. The minimum absolute atomic E-state index is 0.512. The Labute approximate surface area is 112 Å². The Hall–Kier alpha value is -0.180. The quantitative estimate of drug-likeness (QED) is 0.884. The van der Waals surface area contributed by atoms with E-state index in [4.69, 9.17) is 11.6 Å². The summed E-state index contributed by atoms with van der Waals surface area (Å²) in [6.07, 6.45) is 2.62. The maximum absolute atomic E-state index is 6.10. The SMILES string of the molecule is CC1CC1CNC1CCSc2ccc(Cl)cc21. The first-order chi connectivity index (χ1) is 8.24. The van der Waals surface area contributed by atoms with Gasteiger partial charge in [-0.15, -0.1) is 11.8 Å². The molecule has 1 nitrogen and oxygen atoms in total. The van der Waals surface area contributed by atoms with Crippen molar-refractivity contribution in [2.24, 2.45) is 11.8 Å². The van der Waals surface area contributed by atoms with Crippen molar-refractivity contribution < 1.29 is 0 Å². The van der Waals surface area contributed by atoms with Gasteiger partial charge in [-0.1, -0.05) is 18.5 Å². The third kappa shape index (κ3) is 2.64. The van der Waals surface area contributed by atoms with E-state index in [-0.39, 0.29) is 0 Å². The molecule has 2 aliphatic rings. The molecule has 1 aliphatic heterocycles. The number of fused-ring (bicyclic) bond motifs is 1. The molecular formula is C14H18ClNS. The molecule has 0 saturated heterocycles. The summed E-state index contributed by atoms with van der Waals surface area (Å²) in [5.41, 5.74) is 1.40. The predicted molar refractivity (Wildman–Crippen MR) is 74.8 cm³/mol. The van der Waals surface area contributed by atoms with Gasteiger partial charge in [0.2, 0.25) is 0 Å². The molecule has 1 aromatic rings. The molecule has 92 valence electrons. The monoisotopic (exact) mass is 267 g/mol. The van der Waals surface area contributed by atoms with Gasteiger partial charge in [-0.2, -0.15) is 0 Å². The van der Waals surface area contributed by atoms with Gasteiger partial charge in [0.25, 0.3) is 0 Å². The van der Waals surface area contributed by atoms with Gasteiger partial charge in [0.15, 0.2) is 0 Å². The number of hydrogen-bond acceptors (Lipinski definition) is 2. The summed E-state index contributed by atoms with van der Waals surface area (Å²) in [6.45, 7) is 3.51. The zero-order valence-electron chi connectivity index (χ0n) is 10.1. The number of rotatable bonds is 3. The predicted octanol–water partition coefficient (Wildman–Crippen LogP) is 4.12. The van der Waals surface area contributed by atoms with Crippen LogP contribution in [-0.2, 0) is 0 Å².